The summed E-state index contributed by atoms with van der Waals surface area (Å²) in [6.07, 6.45) is 3.80. The molecule has 4 N–H and O–H groups in total. The lowest BCUT2D eigenvalue weighted by Gasteiger charge is -2.23. The van der Waals surface area contributed by atoms with Gasteiger partial charge in [-0.1, -0.05) is 12.5 Å². The summed E-state index contributed by atoms with van der Waals surface area (Å²) in [4.78, 5) is 0. The fraction of sp³-hybridized carbons (Fsp3) is 0.417. The van der Waals surface area contributed by atoms with Crippen molar-refractivity contribution >= 4 is 16.7 Å². The summed E-state index contributed by atoms with van der Waals surface area (Å²) in [5, 5.41) is 11.5. The molecule has 0 amide bonds. The number of piperidine rings is 1. The quantitative estimate of drug-likeness (QED) is 0.682. The molecule has 2 aromatic rings. The van der Waals surface area contributed by atoms with E-state index in [0.29, 0.717) is 11.9 Å². The molecule has 0 unspecified atom stereocenters. The molecular weight excluding hydrogens is 200 g/mol. The summed E-state index contributed by atoms with van der Waals surface area (Å²) in [7, 11) is 0. The smallest absolute Gasteiger partial charge is 0.153 e. The second kappa shape index (κ2) is 3.79. The minimum absolute atomic E-state index is 0.479. The number of benzene rings is 1. The number of nitrogen functional groups attached to an aromatic ring is 1. The third kappa shape index (κ3) is 1.55. The van der Waals surface area contributed by atoms with Gasteiger partial charge in [-0.05, 0) is 37.1 Å². The number of fused-ring (bicyclic) bond motifs is 1. The van der Waals surface area contributed by atoms with Gasteiger partial charge in [0, 0.05) is 11.4 Å². The maximum Gasteiger partial charge on any atom is 0.153 e. The fourth-order valence-electron chi connectivity index (χ4n) is 2.41. The highest BCUT2D eigenvalue weighted by Gasteiger charge is 2.15. The first kappa shape index (κ1) is 9.66. The highest BCUT2D eigenvalue weighted by atomic mass is 15.1. The first-order chi connectivity index (χ1) is 7.84. The molecule has 4 nitrogen and oxygen atoms in total. The van der Waals surface area contributed by atoms with E-state index in [2.05, 4.69) is 33.7 Å². The summed E-state index contributed by atoms with van der Waals surface area (Å²) in [6.45, 7) is 1.11. The number of H-pyrrole nitrogens is 1. The van der Waals surface area contributed by atoms with Crippen LogP contribution in [0.15, 0.2) is 18.2 Å². The molecule has 0 radical (unpaired) electrons. The molecule has 1 atom stereocenters. The second-order valence-corrected chi connectivity index (χ2v) is 4.42. The fourth-order valence-corrected chi connectivity index (χ4v) is 2.41. The van der Waals surface area contributed by atoms with E-state index in [1.807, 2.05) is 0 Å². The predicted octanol–water partition coefficient (Wildman–Crippen LogP) is 1.96. The Labute approximate surface area is 94.2 Å². The van der Waals surface area contributed by atoms with Gasteiger partial charge >= 0.3 is 0 Å². The Balaban J connectivity index is 1.99. The standard InChI is InChI=1S/C12H16N4/c13-12-9-7-8(4-5-11(9)15-16-12)10-3-1-2-6-14-10/h4-5,7,10,14H,1-3,6H2,(H3,13,15,16)/t10-/m0/s1. The second-order valence-electron chi connectivity index (χ2n) is 4.42. The molecule has 1 fully saturated rings. The van der Waals surface area contributed by atoms with Gasteiger partial charge in [-0.3, -0.25) is 5.10 Å². The number of nitrogens with zero attached hydrogens (tertiary/aromatic N) is 1. The van der Waals surface area contributed by atoms with Crippen LogP contribution in [0.4, 0.5) is 5.82 Å². The maximum absolute atomic E-state index is 5.81. The molecule has 3 rings (SSSR count). The molecule has 1 aliphatic rings. The topological polar surface area (TPSA) is 66.7 Å². The molecule has 1 aromatic carbocycles. The first-order valence-corrected chi connectivity index (χ1v) is 5.81. The lowest BCUT2D eigenvalue weighted by Crippen LogP contribution is -2.26. The lowest BCUT2D eigenvalue weighted by molar-refractivity contribution is 0.412. The van der Waals surface area contributed by atoms with Gasteiger partial charge in [0.1, 0.15) is 0 Å². The van der Waals surface area contributed by atoms with Crippen molar-refractivity contribution in [3.05, 3.63) is 23.8 Å². The van der Waals surface area contributed by atoms with Crippen LogP contribution < -0.4 is 11.1 Å². The van der Waals surface area contributed by atoms with E-state index in [4.69, 9.17) is 5.73 Å². The third-order valence-corrected chi connectivity index (χ3v) is 3.33. The summed E-state index contributed by atoms with van der Waals surface area (Å²) in [6, 6.07) is 6.84. The van der Waals surface area contributed by atoms with Crippen LogP contribution in [0, 0.1) is 0 Å². The number of hydrogen-bond acceptors (Lipinski definition) is 3. The van der Waals surface area contributed by atoms with E-state index in [1.54, 1.807) is 0 Å². The number of aromatic nitrogens is 2. The molecule has 4 heteroatoms. The highest BCUT2D eigenvalue weighted by Crippen LogP contribution is 2.27. The SMILES string of the molecule is Nc1n[nH]c2ccc([C@@H]3CCCCN3)cc12. The molecule has 84 valence electrons. The molecular formula is C12H16N4. The van der Waals surface area contributed by atoms with Gasteiger partial charge in [-0.15, -0.1) is 0 Å². The van der Waals surface area contributed by atoms with Crippen molar-refractivity contribution in [1.82, 2.24) is 15.5 Å². The van der Waals surface area contributed by atoms with Crippen molar-refractivity contribution < 1.29 is 0 Å². The number of nitrogens with two attached hydrogens (primary N) is 1. The molecule has 0 saturated carbocycles. The number of hydrogen-bond donors (Lipinski definition) is 3. The Hall–Kier alpha value is -1.55. The monoisotopic (exact) mass is 216 g/mol. The number of nitrogens with one attached hydrogen (secondary N) is 2. The van der Waals surface area contributed by atoms with Crippen molar-refractivity contribution in [3.8, 4) is 0 Å². The van der Waals surface area contributed by atoms with E-state index < -0.39 is 0 Å². The summed E-state index contributed by atoms with van der Waals surface area (Å²) in [5.74, 6) is 0.590. The molecule has 1 aliphatic heterocycles. The van der Waals surface area contributed by atoms with Gasteiger partial charge in [0.2, 0.25) is 0 Å². The van der Waals surface area contributed by atoms with Crippen molar-refractivity contribution in [3.63, 3.8) is 0 Å². The lowest BCUT2D eigenvalue weighted by atomic mass is 9.96. The van der Waals surface area contributed by atoms with Gasteiger partial charge < -0.3 is 11.1 Å². The number of rotatable bonds is 1. The zero-order valence-corrected chi connectivity index (χ0v) is 9.16. The highest BCUT2D eigenvalue weighted by molar-refractivity contribution is 5.89. The van der Waals surface area contributed by atoms with Crippen LogP contribution >= 0.6 is 0 Å². The summed E-state index contributed by atoms with van der Waals surface area (Å²) < 4.78 is 0. The van der Waals surface area contributed by atoms with Crippen molar-refractivity contribution in [2.75, 3.05) is 12.3 Å². The van der Waals surface area contributed by atoms with E-state index in [-0.39, 0.29) is 0 Å². The largest absolute Gasteiger partial charge is 0.382 e. The Morgan fingerprint density at radius 3 is 3.06 bits per heavy atom. The Morgan fingerprint density at radius 2 is 2.25 bits per heavy atom. The Morgan fingerprint density at radius 1 is 1.31 bits per heavy atom. The average Bonchev–Trinajstić information content (AvgIpc) is 2.72. The third-order valence-electron chi connectivity index (χ3n) is 3.33. The van der Waals surface area contributed by atoms with Crippen LogP contribution in [-0.2, 0) is 0 Å². The van der Waals surface area contributed by atoms with Gasteiger partial charge in [0.05, 0.1) is 5.52 Å². The molecule has 0 bridgehead atoms. The number of aromatic amines is 1. The van der Waals surface area contributed by atoms with Crippen molar-refractivity contribution in [1.29, 1.82) is 0 Å². The van der Waals surface area contributed by atoms with E-state index in [9.17, 15) is 0 Å². The van der Waals surface area contributed by atoms with Crippen LogP contribution in [0.5, 0.6) is 0 Å². The Bertz CT molecular complexity index is 497. The molecule has 1 saturated heterocycles. The Kier molecular flexibility index (Phi) is 2.29. The normalized spacial score (nSPS) is 21.4. The predicted molar refractivity (Wildman–Crippen MR) is 65.1 cm³/mol. The molecule has 0 spiro atoms. The summed E-state index contributed by atoms with van der Waals surface area (Å²) >= 11 is 0. The maximum atomic E-state index is 5.81. The van der Waals surface area contributed by atoms with Crippen LogP contribution in [0.2, 0.25) is 0 Å². The van der Waals surface area contributed by atoms with Crippen LogP contribution in [0.1, 0.15) is 30.9 Å². The van der Waals surface area contributed by atoms with Gasteiger partial charge in [-0.25, -0.2) is 0 Å². The number of anilines is 1. The minimum Gasteiger partial charge on any atom is -0.382 e. The van der Waals surface area contributed by atoms with E-state index in [0.717, 1.165) is 17.4 Å². The van der Waals surface area contributed by atoms with Crippen LogP contribution in [0.25, 0.3) is 10.9 Å². The average molecular weight is 216 g/mol. The van der Waals surface area contributed by atoms with Gasteiger partial charge in [0.25, 0.3) is 0 Å². The molecule has 1 aromatic heterocycles. The van der Waals surface area contributed by atoms with Gasteiger partial charge in [0.15, 0.2) is 5.82 Å². The zero-order chi connectivity index (χ0) is 11.0. The van der Waals surface area contributed by atoms with Gasteiger partial charge in [-0.2, -0.15) is 5.10 Å². The zero-order valence-electron chi connectivity index (χ0n) is 9.16. The summed E-state index contributed by atoms with van der Waals surface area (Å²) in [5.41, 5.74) is 8.14. The van der Waals surface area contributed by atoms with Crippen LogP contribution in [0.3, 0.4) is 0 Å². The van der Waals surface area contributed by atoms with Crippen molar-refractivity contribution in [2.24, 2.45) is 0 Å². The first-order valence-electron chi connectivity index (χ1n) is 5.81. The van der Waals surface area contributed by atoms with Crippen molar-refractivity contribution in [2.45, 2.75) is 25.3 Å². The van der Waals surface area contributed by atoms with E-state index >= 15 is 0 Å². The minimum atomic E-state index is 0.479. The van der Waals surface area contributed by atoms with Crippen LogP contribution in [-0.4, -0.2) is 16.7 Å². The molecule has 16 heavy (non-hydrogen) atoms. The molecule has 2 heterocycles. The molecule has 0 aliphatic carbocycles. The van der Waals surface area contributed by atoms with E-state index in [1.165, 1.54) is 24.8 Å².